The van der Waals surface area contributed by atoms with Crippen LogP contribution in [-0.4, -0.2) is 91.0 Å². The molecule has 3 saturated carbocycles. The van der Waals surface area contributed by atoms with Gasteiger partial charge in [-0.1, -0.05) is 54.6 Å². The Morgan fingerprint density at radius 2 is 1.82 bits per heavy atom. The lowest BCUT2D eigenvalue weighted by atomic mass is 9.61. The number of aliphatic hydroxyl groups excluding tert-OH is 3. The number of nitrogens with one attached hydrogen (secondary N) is 3. The third kappa shape index (κ3) is 8.76. The summed E-state index contributed by atoms with van der Waals surface area (Å²) in [5.41, 5.74) is 11.7. The summed E-state index contributed by atoms with van der Waals surface area (Å²) in [4.78, 5) is 30.2. The number of carbonyl (C=O) groups is 1. The van der Waals surface area contributed by atoms with Crippen molar-refractivity contribution < 1.29 is 54.4 Å². The van der Waals surface area contributed by atoms with Gasteiger partial charge in [-0.3, -0.25) is 10.1 Å². The van der Waals surface area contributed by atoms with Gasteiger partial charge in [-0.25, -0.2) is 4.79 Å². The lowest BCUT2D eigenvalue weighted by Crippen LogP contribution is -2.59. The minimum absolute atomic E-state index is 0.0107. The number of allylic oxidation sites excluding steroid dienone is 5. The first-order valence-corrected chi connectivity index (χ1v) is 29.6. The van der Waals surface area contributed by atoms with E-state index in [4.69, 9.17) is 19.6 Å². The summed E-state index contributed by atoms with van der Waals surface area (Å²) in [5.74, 6) is -3.35. The van der Waals surface area contributed by atoms with Crippen molar-refractivity contribution in [2.75, 3.05) is 19.8 Å². The predicted molar refractivity (Wildman–Crippen MR) is 307 cm³/mol. The van der Waals surface area contributed by atoms with Crippen LogP contribution < -0.4 is 31.8 Å². The van der Waals surface area contributed by atoms with Crippen LogP contribution in [0.1, 0.15) is 142 Å². The molecule has 3 fully saturated rings. The summed E-state index contributed by atoms with van der Waals surface area (Å²) in [6.45, 7) is 5.13. The molecule has 82 heavy (non-hydrogen) atoms. The van der Waals surface area contributed by atoms with E-state index in [1.807, 2.05) is 37.3 Å². The van der Waals surface area contributed by atoms with Gasteiger partial charge in [0.05, 0.1) is 23.4 Å². The summed E-state index contributed by atoms with van der Waals surface area (Å²) in [6.07, 6.45) is 14.6. The van der Waals surface area contributed by atoms with E-state index < -0.39 is 71.0 Å². The molecule has 6 heterocycles. The largest absolute Gasteiger partial charge is 0.508 e. The summed E-state index contributed by atoms with van der Waals surface area (Å²) in [5, 5.41) is 92.0. The van der Waals surface area contributed by atoms with Crippen LogP contribution in [0.3, 0.4) is 0 Å². The first kappa shape index (κ1) is 54.6. The van der Waals surface area contributed by atoms with Gasteiger partial charge in [0, 0.05) is 66.8 Å². The van der Waals surface area contributed by atoms with Gasteiger partial charge in [-0.15, -0.1) is 0 Å². The number of carbonyl (C=O) groups excluding carboxylic acids is 1. The number of esters is 1. The Bertz CT molecular complexity index is 3560. The first-order valence-electron chi connectivity index (χ1n) is 29.6. The molecule has 432 valence electrons. The molecule has 0 amide bonds. The Hall–Kier alpha value is -6.66. The third-order valence-corrected chi connectivity index (χ3v) is 20.8. The lowest BCUT2D eigenvalue weighted by Gasteiger charge is -2.52. The zero-order valence-corrected chi connectivity index (χ0v) is 46.8. The number of nitrogens with two attached hydrogens (primary N) is 1. The highest BCUT2D eigenvalue weighted by Crippen LogP contribution is 2.62. The second kappa shape index (κ2) is 20.6. The highest BCUT2D eigenvalue weighted by atomic mass is 16.6. The Morgan fingerprint density at radius 1 is 0.976 bits per heavy atom. The molecular formula is C66H76N4O12. The zero-order valence-electron chi connectivity index (χ0n) is 46.8. The van der Waals surface area contributed by atoms with Crippen molar-refractivity contribution in [1.82, 2.24) is 16.0 Å². The normalized spacial score (nSPS) is 33.8. The van der Waals surface area contributed by atoms with Gasteiger partial charge < -0.3 is 66.0 Å². The standard InChI is InChI=1S/C66H76N4O12/c1-4-50(66(79)20-17-37(28-66)36-6-5-7-39(22-36)65(78)19-16-34(27-65)30-71)63(77)81-53-26-48-58(76)56-52(75)25-41(31-72)80-60(56)57-54-46-18-21-68-61(67)55(46)44(13-10-35-9-11-40(74)24-47(35)49(54)32-73)43-15-14-42-38(23-51(43)64(53,3)82-59(48)57)29-69-62-45(42)12-8-33(2)70-62/h4-9,11-12,18,22,24-25,29,33-34,37,43-44,49,51,53-54,62,68-74,76,78-79H,10,13-17,19-21,23,26-28,30-32,67H2,1-3H3/b50-4+/t33-,34+,37+,43-,44-,49-,51+,53-,54-,62?,64+,65+,66+/m1/s1. The first-order chi connectivity index (χ1) is 39.5. The predicted octanol–water partition coefficient (Wildman–Crippen LogP) is 7.14. The van der Waals surface area contributed by atoms with Crippen LogP contribution in [0.25, 0.3) is 11.0 Å². The number of dihydropyridines is 2. The van der Waals surface area contributed by atoms with E-state index in [-0.39, 0.29) is 101 Å². The molecule has 1 aromatic heterocycles. The number of hydrogen-bond acceptors (Lipinski definition) is 16. The molecule has 16 heteroatoms. The van der Waals surface area contributed by atoms with Crippen LogP contribution in [0, 0.1) is 23.7 Å². The van der Waals surface area contributed by atoms with E-state index in [1.165, 1.54) is 5.57 Å². The molecule has 4 aliphatic carbocycles. The average molecular weight is 1120 g/mol. The molecule has 13 atom stereocenters. The maximum absolute atomic E-state index is 15.6. The van der Waals surface area contributed by atoms with Crippen LogP contribution in [0.5, 0.6) is 17.2 Å². The average Bonchev–Trinajstić information content (AvgIpc) is 3.76. The van der Waals surface area contributed by atoms with Crippen molar-refractivity contribution in [2.24, 2.45) is 29.4 Å². The summed E-state index contributed by atoms with van der Waals surface area (Å²) in [7, 11) is 0. The molecule has 0 saturated heterocycles. The topological polar surface area (TPSA) is 269 Å². The number of ether oxygens (including phenoxy) is 2. The van der Waals surface area contributed by atoms with Crippen molar-refractivity contribution in [3.05, 3.63) is 168 Å². The number of aryl methyl sites for hydroxylation is 1. The molecule has 0 spiro atoms. The van der Waals surface area contributed by atoms with Gasteiger partial charge in [0.25, 0.3) is 0 Å². The molecule has 16 nitrogen and oxygen atoms in total. The number of hydrogen-bond donors (Lipinski definition) is 11. The summed E-state index contributed by atoms with van der Waals surface area (Å²) < 4.78 is 21.5. The Morgan fingerprint density at radius 3 is 2.60 bits per heavy atom. The molecule has 1 unspecified atom stereocenters. The van der Waals surface area contributed by atoms with Crippen LogP contribution in [0.4, 0.5) is 0 Å². The summed E-state index contributed by atoms with van der Waals surface area (Å²) in [6, 6.07) is 14.4. The molecule has 3 aromatic carbocycles. The molecule has 13 rings (SSSR count). The smallest absolute Gasteiger partial charge is 0.337 e. The van der Waals surface area contributed by atoms with Crippen molar-refractivity contribution >= 4 is 16.9 Å². The van der Waals surface area contributed by atoms with Crippen LogP contribution in [0.2, 0.25) is 0 Å². The van der Waals surface area contributed by atoms with E-state index in [1.54, 1.807) is 25.1 Å². The van der Waals surface area contributed by atoms with E-state index >= 15 is 4.79 Å². The van der Waals surface area contributed by atoms with Crippen LogP contribution in [0.15, 0.2) is 128 Å². The molecule has 9 aliphatic rings. The highest BCUT2D eigenvalue weighted by Gasteiger charge is 2.59. The number of aromatic hydroxyl groups is 2. The maximum Gasteiger partial charge on any atom is 0.337 e. The number of phenolic OH excluding ortho intramolecular Hbond substituents is 2. The zero-order chi connectivity index (χ0) is 57.1. The molecule has 12 N–H and O–H groups in total. The molecule has 4 bridgehead atoms. The van der Waals surface area contributed by atoms with Gasteiger partial charge >= 0.3 is 5.97 Å². The van der Waals surface area contributed by atoms with Crippen molar-refractivity contribution in [2.45, 2.75) is 157 Å². The van der Waals surface area contributed by atoms with E-state index in [0.717, 1.165) is 51.5 Å². The fourth-order valence-electron chi connectivity index (χ4n) is 16.7. The monoisotopic (exact) mass is 1120 g/mol. The van der Waals surface area contributed by atoms with Crippen LogP contribution >= 0.6 is 0 Å². The second-order valence-electron chi connectivity index (χ2n) is 25.2. The minimum atomic E-state index is -1.60. The van der Waals surface area contributed by atoms with Crippen molar-refractivity contribution in [1.29, 1.82) is 0 Å². The molecule has 0 radical (unpaired) electrons. The number of fused-ring (bicyclic) bond motifs is 10. The van der Waals surface area contributed by atoms with E-state index in [0.29, 0.717) is 74.9 Å². The van der Waals surface area contributed by atoms with Gasteiger partial charge in [0.1, 0.15) is 64.3 Å². The number of benzene rings is 3. The Balaban J connectivity index is 0.995. The van der Waals surface area contributed by atoms with E-state index in [9.17, 15) is 40.5 Å². The maximum atomic E-state index is 15.6. The Labute approximate surface area is 476 Å². The number of rotatable bonds is 8. The van der Waals surface area contributed by atoms with Crippen molar-refractivity contribution in [3.8, 4) is 17.2 Å². The second-order valence-corrected chi connectivity index (χ2v) is 25.2. The lowest BCUT2D eigenvalue weighted by molar-refractivity contribution is -0.171. The molecule has 5 aliphatic heterocycles. The molecule has 4 aromatic rings. The number of aliphatic hydroxyl groups is 5. The highest BCUT2D eigenvalue weighted by molar-refractivity contribution is 5.93. The van der Waals surface area contributed by atoms with Crippen molar-refractivity contribution in [3.63, 3.8) is 0 Å². The quantitative estimate of drug-likeness (QED) is 0.0619. The number of phenols is 2. The van der Waals surface area contributed by atoms with Gasteiger partial charge in [0.2, 0.25) is 0 Å². The minimum Gasteiger partial charge on any atom is -0.508 e. The fourth-order valence-corrected chi connectivity index (χ4v) is 16.7. The molecular weight excluding hydrogens is 1040 g/mol. The van der Waals surface area contributed by atoms with E-state index in [2.05, 4.69) is 47.3 Å². The third-order valence-electron chi connectivity index (χ3n) is 20.8. The fraction of sp³-hybridized carbons (Fsp3) is 0.485. The van der Waals surface area contributed by atoms with Gasteiger partial charge in [0.15, 0.2) is 5.43 Å². The van der Waals surface area contributed by atoms with Gasteiger partial charge in [-0.2, -0.15) is 0 Å². The summed E-state index contributed by atoms with van der Waals surface area (Å²) >= 11 is 0. The van der Waals surface area contributed by atoms with Gasteiger partial charge in [-0.05, 0) is 177 Å². The van der Waals surface area contributed by atoms with Crippen LogP contribution in [-0.2, 0) is 34.6 Å². The Kier molecular flexibility index (Phi) is 13.7. The SMILES string of the molecule is C/C=C(\C(=O)O[C@@H]1Cc2c3c(c4oc(CO)cc(=O)c4c2O)[C@@H]2C4=CCNC(N)=C4[C@H](CCc4ccc(O)cc4[C@H]2CO)[C@H]2CCC4=C5C=C[C@@H](C)NC5NC=C4C[C@@H]2[C@]1(C)O3)[C@]1(O)CC[C@H](c2cccc([C@]3(O)CC[C@H](CO)C3)c2)C1.